The molecule has 0 bridgehead atoms. The number of rotatable bonds is 6. The summed E-state index contributed by atoms with van der Waals surface area (Å²) < 4.78 is 38.5. The second kappa shape index (κ2) is 7.83. The van der Waals surface area contributed by atoms with E-state index in [9.17, 15) is 18.0 Å². The van der Waals surface area contributed by atoms with Gasteiger partial charge in [0.05, 0.1) is 17.4 Å². The van der Waals surface area contributed by atoms with Gasteiger partial charge in [0.2, 0.25) is 0 Å². The Morgan fingerprint density at radius 3 is 2.60 bits per heavy atom. The summed E-state index contributed by atoms with van der Waals surface area (Å²) in [6.07, 6.45) is -1.44. The molecule has 0 aromatic carbocycles. The third kappa shape index (κ3) is 4.49. The van der Waals surface area contributed by atoms with Gasteiger partial charge in [-0.2, -0.15) is 23.0 Å². The molecule has 136 valence electrons. The van der Waals surface area contributed by atoms with Crippen LogP contribution in [0.2, 0.25) is 5.02 Å². The molecule has 1 unspecified atom stereocenters. The molecule has 0 saturated carbocycles. The van der Waals surface area contributed by atoms with E-state index in [0.29, 0.717) is 19.0 Å². The van der Waals surface area contributed by atoms with Crippen molar-refractivity contribution in [3.8, 4) is 5.82 Å². The van der Waals surface area contributed by atoms with Crippen molar-refractivity contribution in [1.82, 2.24) is 14.8 Å². The number of anilines is 1. The molecular weight excluding hydrogens is 361 g/mol. The van der Waals surface area contributed by atoms with Gasteiger partial charge in [0.1, 0.15) is 5.02 Å². The first kappa shape index (κ1) is 19.2. The van der Waals surface area contributed by atoms with E-state index in [1.54, 1.807) is 0 Å². The lowest BCUT2D eigenvalue weighted by Gasteiger charge is -2.18. The van der Waals surface area contributed by atoms with E-state index in [2.05, 4.69) is 15.4 Å². The van der Waals surface area contributed by atoms with E-state index in [4.69, 9.17) is 16.7 Å². The number of nitrogens with one attached hydrogen (secondary N) is 1. The highest BCUT2D eigenvalue weighted by Crippen LogP contribution is 2.28. The molecule has 2 heterocycles. The minimum atomic E-state index is -4.52. The van der Waals surface area contributed by atoms with Gasteiger partial charge in [-0.05, 0) is 25.0 Å². The minimum absolute atomic E-state index is 0.0247. The van der Waals surface area contributed by atoms with Crippen molar-refractivity contribution < 1.29 is 18.3 Å². The van der Waals surface area contributed by atoms with Crippen LogP contribution < -0.4 is 10.9 Å². The van der Waals surface area contributed by atoms with Gasteiger partial charge in [0.15, 0.2) is 5.82 Å². The van der Waals surface area contributed by atoms with E-state index < -0.39 is 17.3 Å². The Morgan fingerprint density at radius 1 is 1.36 bits per heavy atom. The van der Waals surface area contributed by atoms with Crippen LogP contribution in [0, 0.1) is 0 Å². The summed E-state index contributed by atoms with van der Waals surface area (Å²) in [5.74, 6) is -0.0751. The van der Waals surface area contributed by atoms with Crippen LogP contribution >= 0.6 is 11.6 Å². The van der Waals surface area contributed by atoms with Gasteiger partial charge in [-0.25, -0.2) is 4.98 Å². The number of aromatic nitrogens is 3. The zero-order valence-corrected chi connectivity index (χ0v) is 14.0. The lowest BCUT2D eigenvalue weighted by molar-refractivity contribution is -0.137. The van der Waals surface area contributed by atoms with E-state index in [-0.39, 0.29) is 29.2 Å². The molecule has 25 heavy (non-hydrogen) atoms. The Bertz CT molecular complexity index is 778. The van der Waals surface area contributed by atoms with Crippen molar-refractivity contribution in [3.63, 3.8) is 0 Å². The van der Waals surface area contributed by atoms with Crippen LogP contribution in [0.15, 0.2) is 29.3 Å². The largest absolute Gasteiger partial charge is 0.417 e. The molecule has 0 amide bonds. The summed E-state index contributed by atoms with van der Waals surface area (Å²) in [6, 6.07) is 1.76. The number of aliphatic hydroxyl groups is 1. The number of hydrogen-bond acceptors (Lipinski definition) is 5. The highest BCUT2D eigenvalue weighted by atomic mass is 35.5. The maximum Gasteiger partial charge on any atom is 0.417 e. The highest BCUT2D eigenvalue weighted by Gasteiger charge is 2.30. The number of hydrogen-bond donors (Lipinski definition) is 2. The molecule has 0 aliphatic carbocycles. The average Bonchev–Trinajstić information content (AvgIpc) is 2.58. The second-order valence-electron chi connectivity index (χ2n) is 5.25. The van der Waals surface area contributed by atoms with Gasteiger partial charge in [-0.1, -0.05) is 18.5 Å². The molecule has 2 aromatic heterocycles. The Hall–Kier alpha value is -2.13. The smallest absolute Gasteiger partial charge is 0.396 e. The summed E-state index contributed by atoms with van der Waals surface area (Å²) >= 11 is 6.05. The third-order valence-corrected chi connectivity index (χ3v) is 3.91. The molecule has 0 radical (unpaired) electrons. The first-order valence-corrected chi connectivity index (χ1v) is 7.84. The summed E-state index contributed by atoms with van der Waals surface area (Å²) in [5.41, 5.74) is -1.35. The topological polar surface area (TPSA) is 80.0 Å². The van der Waals surface area contributed by atoms with Crippen molar-refractivity contribution in [1.29, 1.82) is 0 Å². The predicted molar refractivity (Wildman–Crippen MR) is 87.0 cm³/mol. The molecule has 2 N–H and O–H groups in total. The Balaban J connectivity index is 2.32. The maximum absolute atomic E-state index is 12.6. The standard InChI is InChI=1S/C15H16ClF3N4O2/c1-2-10(5-6-24)22-11-8-21-23(14(25)13(11)16)12-4-3-9(7-20-12)15(17,18)19/h3-4,7-8,10,22,24H,2,5-6H2,1H3. The fourth-order valence-corrected chi connectivity index (χ4v) is 2.31. The highest BCUT2D eigenvalue weighted by molar-refractivity contribution is 6.32. The van der Waals surface area contributed by atoms with Crippen LogP contribution in [0.4, 0.5) is 18.9 Å². The lowest BCUT2D eigenvalue weighted by Crippen LogP contribution is -2.26. The van der Waals surface area contributed by atoms with Crippen molar-refractivity contribution in [3.05, 3.63) is 45.5 Å². The predicted octanol–water partition coefficient (Wildman–Crippen LogP) is 2.87. The monoisotopic (exact) mass is 376 g/mol. The normalized spacial score (nSPS) is 12.9. The van der Waals surface area contributed by atoms with Crippen LogP contribution in [-0.4, -0.2) is 32.5 Å². The molecule has 0 aliphatic rings. The van der Waals surface area contributed by atoms with Crippen LogP contribution in [-0.2, 0) is 6.18 Å². The van der Waals surface area contributed by atoms with Crippen LogP contribution in [0.3, 0.4) is 0 Å². The van der Waals surface area contributed by atoms with Gasteiger partial charge in [-0.3, -0.25) is 4.79 Å². The van der Waals surface area contributed by atoms with E-state index in [0.717, 1.165) is 16.8 Å². The van der Waals surface area contributed by atoms with Crippen molar-refractivity contribution >= 4 is 17.3 Å². The maximum atomic E-state index is 12.6. The summed E-state index contributed by atoms with van der Waals surface area (Å²) in [5, 5.41) is 15.7. The number of halogens is 4. The third-order valence-electron chi connectivity index (χ3n) is 3.54. The molecular formula is C15H16ClF3N4O2. The van der Waals surface area contributed by atoms with Crippen LogP contribution in [0.25, 0.3) is 5.82 Å². The minimum Gasteiger partial charge on any atom is -0.396 e. The van der Waals surface area contributed by atoms with E-state index in [1.807, 2.05) is 6.92 Å². The zero-order chi connectivity index (χ0) is 18.6. The van der Waals surface area contributed by atoms with Crippen molar-refractivity contribution in [2.24, 2.45) is 0 Å². The lowest BCUT2D eigenvalue weighted by atomic mass is 10.1. The molecule has 2 aromatic rings. The zero-order valence-electron chi connectivity index (χ0n) is 13.2. The number of pyridine rings is 1. The molecule has 1 atom stereocenters. The van der Waals surface area contributed by atoms with E-state index in [1.165, 1.54) is 6.20 Å². The second-order valence-corrected chi connectivity index (χ2v) is 5.63. The SMILES string of the molecule is CCC(CCO)Nc1cnn(-c2ccc(C(F)(F)F)cn2)c(=O)c1Cl. The quantitative estimate of drug-likeness (QED) is 0.810. The summed E-state index contributed by atoms with van der Waals surface area (Å²) in [6.45, 7) is 1.88. The van der Waals surface area contributed by atoms with Crippen LogP contribution in [0.5, 0.6) is 0 Å². The fraction of sp³-hybridized carbons (Fsp3) is 0.400. The van der Waals surface area contributed by atoms with Gasteiger partial charge in [-0.15, -0.1) is 0 Å². The van der Waals surface area contributed by atoms with E-state index >= 15 is 0 Å². The molecule has 2 rings (SSSR count). The van der Waals surface area contributed by atoms with Crippen LogP contribution in [0.1, 0.15) is 25.3 Å². The van der Waals surface area contributed by atoms with Gasteiger partial charge < -0.3 is 10.4 Å². The Morgan fingerprint density at radius 2 is 2.08 bits per heavy atom. The summed E-state index contributed by atoms with van der Waals surface area (Å²) in [7, 11) is 0. The number of alkyl halides is 3. The fourth-order valence-electron chi connectivity index (χ4n) is 2.13. The summed E-state index contributed by atoms with van der Waals surface area (Å²) in [4.78, 5) is 15.9. The van der Waals surface area contributed by atoms with Gasteiger partial charge in [0.25, 0.3) is 5.56 Å². The Kier molecular flexibility index (Phi) is 6.02. The average molecular weight is 377 g/mol. The molecule has 0 fully saturated rings. The molecule has 10 heteroatoms. The molecule has 6 nitrogen and oxygen atoms in total. The first-order valence-electron chi connectivity index (χ1n) is 7.46. The Labute approximate surface area is 146 Å². The first-order chi connectivity index (χ1) is 11.8. The number of nitrogens with zero attached hydrogens (tertiary/aromatic N) is 3. The molecule has 0 saturated heterocycles. The molecule has 0 spiro atoms. The number of aliphatic hydroxyl groups excluding tert-OH is 1. The van der Waals surface area contributed by atoms with Gasteiger partial charge in [0, 0.05) is 18.8 Å². The van der Waals surface area contributed by atoms with Crippen molar-refractivity contribution in [2.45, 2.75) is 32.0 Å². The molecule has 0 aliphatic heterocycles. The van der Waals surface area contributed by atoms with Gasteiger partial charge >= 0.3 is 6.18 Å². The van der Waals surface area contributed by atoms with Crippen molar-refractivity contribution in [2.75, 3.05) is 11.9 Å².